The summed E-state index contributed by atoms with van der Waals surface area (Å²) < 4.78 is 14.8. The van der Waals surface area contributed by atoms with Crippen molar-refractivity contribution in [3.63, 3.8) is 0 Å². The van der Waals surface area contributed by atoms with Gasteiger partial charge in [0.2, 0.25) is 0 Å². The van der Waals surface area contributed by atoms with Crippen molar-refractivity contribution in [3.8, 4) is 0 Å². The number of aromatic nitrogens is 1. The smallest absolute Gasteiger partial charge is 0.251 e. The Morgan fingerprint density at radius 1 is 1.14 bits per heavy atom. The Kier molecular flexibility index (Phi) is 3.92. The summed E-state index contributed by atoms with van der Waals surface area (Å²) in [4.78, 5) is 12.2. The van der Waals surface area contributed by atoms with E-state index in [2.05, 4.69) is 5.32 Å². The summed E-state index contributed by atoms with van der Waals surface area (Å²) in [6, 6.07) is 14.0. The van der Waals surface area contributed by atoms with Gasteiger partial charge in [0.1, 0.15) is 5.82 Å². The topological polar surface area (TPSA) is 34.0 Å². The van der Waals surface area contributed by atoms with Gasteiger partial charge in [0.15, 0.2) is 0 Å². The third-order valence-electron chi connectivity index (χ3n) is 3.76. The molecule has 0 saturated carbocycles. The number of rotatable bonds is 4. The number of aryl methyl sites for hydroxylation is 1. The van der Waals surface area contributed by atoms with E-state index in [0.717, 1.165) is 16.5 Å². The van der Waals surface area contributed by atoms with Crippen LogP contribution in [0.5, 0.6) is 0 Å². The molecule has 0 bridgehead atoms. The quantitative estimate of drug-likeness (QED) is 0.787. The summed E-state index contributed by atoms with van der Waals surface area (Å²) in [5.74, 6) is -0.336. The second-order valence-electron chi connectivity index (χ2n) is 5.33. The number of carbonyl (C=O) groups is 1. The van der Waals surface area contributed by atoms with Crippen LogP contribution in [0.3, 0.4) is 0 Å². The molecule has 2 aromatic carbocycles. The predicted molar refractivity (Wildman–Crippen MR) is 85.4 cm³/mol. The molecular weight excluding hydrogens is 279 g/mol. The zero-order valence-corrected chi connectivity index (χ0v) is 12.3. The molecule has 0 atom stereocenters. The Morgan fingerprint density at radius 3 is 2.68 bits per heavy atom. The van der Waals surface area contributed by atoms with Crippen molar-refractivity contribution >= 4 is 16.8 Å². The first-order valence-electron chi connectivity index (χ1n) is 7.21. The number of nitrogens with one attached hydrogen (secondary N) is 1. The number of amides is 1. The van der Waals surface area contributed by atoms with Crippen LogP contribution in [0.4, 0.5) is 4.39 Å². The molecule has 0 aliphatic heterocycles. The van der Waals surface area contributed by atoms with Crippen molar-refractivity contribution in [1.82, 2.24) is 9.88 Å². The minimum atomic E-state index is -0.246. The maximum Gasteiger partial charge on any atom is 0.251 e. The first-order valence-corrected chi connectivity index (χ1v) is 7.21. The number of fused-ring (bicyclic) bond motifs is 1. The van der Waals surface area contributed by atoms with E-state index in [1.807, 2.05) is 42.1 Å². The van der Waals surface area contributed by atoms with Crippen LogP contribution in [0.1, 0.15) is 15.9 Å². The van der Waals surface area contributed by atoms with Crippen molar-refractivity contribution in [3.05, 3.63) is 71.7 Å². The summed E-state index contributed by atoms with van der Waals surface area (Å²) >= 11 is 0. The third-order valence-corrected chi connectivity index (χ3v) is 3.76. The lowest BCUT2D eigenvalue weighted by Crippen LogP contribution is -2.25. The van der Waals surface area contributed by atoms with Gasteiger partial charge in [0.05, 0.1) is 0 Å². The maximum absolute atomic E-state index is 12.8. The van der Waals surface area contributed by atoms with Crippen LogP contribution < -0.4 is 5.32 Å². The van der Waals surface area contributed by atoms with Gasteiger partial charge in [-0.05, 0) is 48.4 Å². The van der Waals surface area contributed by atoms with Gasteiger partial charge in [-0.1, -0.05) is 12.1 Å². The van der Waals surface area contributed by atoms with E-state index in [1.54, 1.807) is 12.1 Å². The molecule has 1 amide bonds. The van der Waals surface area contributed by atoms with Crippen LogP contribution >= 0.6 is 0 Å². The maximum atomic E-state index is 12.8. The van der Waals surface area contributed by atoms with Crippen LogP contribution in [0.25, 0.3) is 10.9 Å². The van der Waals surface area contributed by atoms with Crippen molar-refractivity contribution < 1.29 is 9.18 Å². The van der Waals surface area contributed by atoms with Gasteiger partial charge in [0, 0.05) is 36.3 Å². The highest BCUT2D eigenvalue weighted by Gasteiger charge is 2.07. The summed E-state index contributed by atoms with van der Waals surface area (Å²) in [7, 11) is 1.98. The van der Waals surface area contributed by atoms with E-state index >= 15 is 0 Å². The van der Waals surface area contributed by atoms with Gasteiger partial charge >= 0.3 is 0 Å². The highest BCUT2D eigenvalue weighted by atomic mass is 19.1. The molecule has 0 aliphatic rings. The monoisotopic (exact) mass is 296 g/mol. The predicted octanol–water partition coefficient (Wildman–Crippen LogP) is 3.29. The van der Waals surface area contributed by atoms with E-state index in [0.29, 0.717) is 18.5 Å². The molecule has 0 radical (unpaired) electrons. The average Bonchev–Trinajstić information content (AvgIpc) is 2.90. The molecule has 1 aromatic heterocycles. The normalized spacial score (nSPS) is 10.8. The summed E-state index contributed by atoms with van der Waals surface area (Å²) in [5.41, 5.74) is 2.75. The highest BCUT2D eigenvalue weighted by molar-refractivity contribution is 5.98. The second-order valence-corrected chi connectivity index (χ2v) is 5.33. The number of hydrogen-bond acceptors (Lipinski definition) is 1. The van der Waals surface area contributed by atoms with Gasteiger partial charge in [-0.3, -0.25) is 4.79 Å². The lowest BCUT2D eigenvalue weighted by atomic mass is 10.1. The lowest BCUT2D eigenvalue weighted by molar-refractivity contribution is 0.0954. The number of halogens is 1. The van der Waals surface area contributed by atoms with E-state index in [-0.39, 0.29) is 11.7 Å². The van der Waals surface area contributed by atoms with Crippen molar-refractivity contribution in [1.29, 1.82) is 0 Å². The molecular formula is C18H17FN2O. The standard InChI is InChI=1S/C18H17FN2O/c1-21-11-9-14-12-15(4-7-17(14)21)18(22)20-10-8-13-2-5-16(19)6-3-13/h2-7,9,11-12H,8,10H2,1H3,(H,20,22). The van der Waals surface area contributed by atoms with E-state index in [1.165, 1.54) is 12.1 Å². The van der Waals surface area contributed by atoms with Gasteiger partial charge in [-0.2, -0.15) is 0 Å². The van der Waals surface area contributed by atoms with Crippen LogP contribution in [-0.4, -0.2) is 17.0 Å². The molecule has 22 heavy (non-hydrogen) atoms. The summed E-state index contributed by atoms with van der Waals surface area (Å²) in [6.45, 7) is 0.525. The fraction of sp³-hybridized carbons (Fsp3) is 0.167. The molecule has 0 unspecified atom stereocenters. The van der Waals surface area contributed by atoms with Crippen molar-refractivity contribution in [2.24, 2.45) is 7.05 Å². The fourth-order valence-corrected chi connectivity index (χ4v) is 2.50. The molecule has 3 aromatic rings. The largest absolute Gasteiger partial charge is 0.352 e. The summed E-state index contributed by atoms with van der Waals surface area (Å²) in [5, 5.41) is 3.94. The van der Waals surface area contributed by atoms with Crippen molar-refractivity contribution in [2.75, 3.05) is 6.54 Å². The minimum absolute atomic E-state index is 0.0899. The van der Waals surface area contributed by atoms with Crippen LogP contribution in [0.15, 0.2) is 54.7 Å². The molecule has 0 fully saturated rings. The molecule has 1 N–H and O–H groups in total. The number of nitrogens with zero attached hydrogens (tertiary/aromatic N) is 1. The Bertz CT molecular complexity index is 806. The zero-order valence-electron chi connectivity index (χ0n) is 12.3. The average molecular weight is 296 g/mol. The first kappa shape index (κ1) is 14.3. The van der Waals surface area contributed by atoms with Crippen LogP contribution in [0.2, 0.25) is 0 Å². The molecule has 0 spiro atoms. The highest BCUT2D eigenvalue weighted by Crippen LogP contribution is 2.16. The lowest BCUT2D eigenvalue weighted by Gasteiger charge is -2.06. The Labute approximate surface area is 128 Å². The van der Waals surface area contributed by atoms with E-state index in [9.17, 15) is 9.18 Å². The van der Waals surface area contributed by atoms with Gasteiger partial charge in [-0.25, -0.2) is 4.39 Å². The molecule has 1 heterocycles. The van der Waals surface area contributed by atoms with Gasteiger partial charge in [-0.15, -0.1) is 0 Å². The Hall–Kier alpha value is -2.62. The molecule has 0 saturated heterocycles. The Balaban J connectivity index is 1.62. The molecule has 4 heteroatoms. The fourth-order valence-electron chi connectivity index (χ4n) is 2.50. The van der Waals surface area contributed by atoms with Crippen molar-refractivity contribution in [2.45, 2.75) is 6.42 Å². The minimum Gasteiger partial charge on any atom is -0.352 e. The molecule has 3 nitrogen and oxygen atoms in total. The van der Waals surface area contributed by atoms with E-state index in [4.69, 9.17) is 0 Å². The van der Waals surface area contributed by atoms with Crippen LogP contribution in [-0.2, 0) is 13.5 Å². The van der Waals surface area contributed by atoms with Gasteiger partial charge in [0.25, 0.3) is 5.91 Å². The second kappa shape index (κ2) is 6.02. The third kappa shape index (κ3) is 3.01. The SMILES string of the molecule is Cn1ccc2cc(C(=O)NCCc3ccc(F)cc3)ccc21. The molecule has 0 aliphatic carbocycles. The van der Waals surface area contributed by atoms with Crippen LogP contribution in [0, 0.1) is 5.82 Å². The number of carbonyl (C=O) groups excluding carboxylic acids is 1. The summed E-state index contributed by atoms with van der Waals surface area (Å²) in [6.07, 6.45) is 2.65. The molecule has 3 rings (SSSR count). The zero-order chi connectivity index (χ0) is 15.5. The first-order chi connectivity index (χ1) is 10.6. The number of hydrogen-bond donors (Lipinski definition) is 1. The Morgan fingerprint density at radius 2 is 1.91 bits per heavy atom. The van der Waals surface area contributed by atoms with Gasteiger partial charge < -0.3 is 9.88 Å². The molecule has 112 valence electrons. The van der Waals surface area contributed by atoms with E-state index < -0.39 is 0 Å². The number of benzene rings is 2.